The van der Waals surface area contributed by atoms with Gasteiger partial charge in [-0.3, -0.25) is 4.79 Å². The summed E-state index contributed by atoms with van der Waals surface area (Å²) in [4.78, 5) is 16.3. The highest BCUT2D eigenvalue weighted by molar-refractivity contribution is 5.95. The second-order valence-electron chi connectivity index (χ2n) is 4.79. The number of ether oxygens (including phenoxy) is 1. The molecule has 3 heterocycles. The lowest BCUT2D eigenvalue weighted by Crippen LogP contribution is -2.25. The number of hydrogen-bond acceptors (Lipinski definition) is 4. The van der Waals surface area contributed by atoms with Gasteiger partial charge in [-0.05, 0) is 30.7 Å². The Morgan fingerprint density at radius 1 is 1.32 bits per heavy atom. The number of amides is 1. The molecule has 0 unspecified atom stereocenters. The lowest BCUT2D eigenvalue weighted by molar-refractivity contribution is 0.0954. The van der Waals surface area contributed by atoms with Gasteiger partial charge in [-0.1, -0.05) is 6.07 Å². The highest BCUT2D eigenvalue weighted by Crippen LogP contribution is 2.13. The van der Waals surface area contributed by atoms with Gasteiger partial charge in [0, 0.05) is 36.3 Å². The van der Waals surface area contributed by atoms with Crippen molar-refractivity contribution in [1.82, 2.24) is 19.9 Å². The number of hydrogen-bond donors (Lipinski definition) is 1. The minimum Gasteiger partial charge on any atom is -0.481 e. The lowest BCUT2D eigenvalue weighted by Gasteiger charge is -2.08. The van der Waals surface area contributed by atoms with E-state index in [1.165, 1.54) is 0 Å². The molecule has 0 aliphatic heterocycles. The largest absolute Gasteiger partial charge is 0.481 e. The van der Waals surface area contributed by atoms with Crippen LogP contribution >= 0.6 is 0 Å². The molecule has 0 spiro atoms. The van der Waals surface area contributed by atoms with Crippen LogP contribution in [0, 0.1) is 0 Å². The van der Waals surface area contributed by atoms with E-state index in [1.807, 2.05) is 24.3 Å². The van der Waals surface area contributed by atoms with Gasteiger partial charge in [0.15, 0.2) is 0 Å². The van der Waals surface area contributed by atoms with Crippen LogP contribution in [0.3, 0.4) is 0 Å². The first-order chi connectivity index (χ1) is 10.8. The van der Waals surface area contributed by atoms with Gasteiger partial charge in [0.1, 0.15) is 0 Å². The van der Waals surface area contributed by atoms with Crippen LogP contribution in [0.15, 0.2) is 48.9 Å². The molecule has 0 saturated heterocycles. The molecule has 0 saturated carbocycles. The van der Waals surface area contributed by atoms with Gasteiger partial charge in [-0.15, -0.1) is 0 Å². The Morgan fingerprint density at radius 3 is 3.09 bits per heavy atom. The average Bonchev–Trinajstić information content (AvgIpc) is 3.02. The normalized spacial score (nSPS) is 10.6. The maximum absolute atomic E-state index is 12.2. The van der Waals surface area contributed by atoms with E-state index < -0.39 is 0 Å². The second-order valence-corrected chi connectivity index (χ2v) is 4.79. The van der Waals surface area contributed by atoms with Crippen LogP contribution in [-0.2, 0) is 6.42 Å². The van der Waals surface area contributed by atoms with Crippen LogP contribution in [-0.4, -0.2) is 34.2 Å². The number of aromatic nitrogens is 3. The van der Waals surface area contributed by atoms with Gasteiger partial charge in [-0.25, -0.2) is 9.50 Å². The summed E-state index contributed by atoms with van der Waals surface area (Å²) in [5.41, 5.74) is 2.48. The molecule has 22 heavy (non-hydrogen) atoms. The minimum atomic E-state index is -0.105. The number of nitrogens with one attached hydrogen (secondary N) is 1. The zero-order valence-electron chi connectivity index (χ0n) is 12.2. The molecule has 0 bridgehead atoms. The molecule has 6 heteroatoms. The highest BCUT2D eigenvalue weighted by Gasteiger charge is 2.08. The molecule has 0 fully saturated rings. The number of methoxy groups -OCH3 is 1. The number of carbonyl (C=O) groups excluding carboxylic acids is 1. The van der Waals surface area contributed by atoms with Crippen LogP contribution in [0.2, 0.25) is 0 Å². The number of pyridine rings is 2. The summed E-state index contributed by atoms with van der Waals surface area (Å²) in [6.07, 6.45) is 5.82. The molecule has 3 aromatic rings. The molecule has 0 aliphatic rings. The number of nitrogens with zero attached hydrogens (tertiary/aromatic N) is 3. The van der Waals surface area contributed by atoms with Gasteiger partial charge in [0.2, 0.25) is 5.88 Å². The fourth-order valence-electron chi connectivity index (χ4n) is 2.27. The van der Waals surface area contributed by atoms with Crippen molar-refractivity contribution >= 4 is 11.4 Å². The fraction of sp³-hybridized carbons (Fsp3) is 0.188. The Labute approximate surface area is 127 Å². The fourth-order valence-corrected chi connectivity index (χ4v) is 2.27. The maximum Gasteiger partial charge on any atom is 0.251 e. The molecule has 1 amide bonds. The summed E-state index contributed by atoms with van der Waals surface area (Å²) < 4.78 is 6.91. The Morgan fingerprint density at radius 2 is 2.23 bits per heavy atom. The van der Waals surface area contributed by atoms with Gasteiger partial charge >= 0.3 is 0 Å². The van der Waals surface area contributed by atoms with Gasteiger partial charge < -0.3 is 10.1 Å². The summed E-state index contributed by atoms with van der Waals surface area (Å²) in [5, 5.41) is 7.01. The van der Waals surface area contributed by atoms with Crippen LogP contribution in [0.1, 0.15) is 15.9 Å². The van der Waals surface area contributed by atoms with Crippen molar-refractivity contribution in [3.8, 4) is 5.88 Å². The van der Waals surface area contributed by atoms with Crippen LogP contribution in [0.5, 0.6) is 5.88 Å². The van der Waals surface area contributed by atoms with Gasteiger partial charge in [-0.2, -0.15) is 5.10 Å². The molecule has 1 N–H and O–H groups in total. The predicted octanol–water partition coefficient (Wildman–Crippen LogP) is 1.71. The van der Waals surface area contributed by atoms with Crippen molar-refractivity contribution in [3.05, 3.63) is 60.0 Å². The summed E-state index contributed by atoms with van der Waals surface area (Å²) in [6.45, 7) is 0.519. The minimum absolute atomic E-state index is 0.105. The maximum atomic E-state index is 12.2. The Bertz CT molecular complexity index is 797. The zero-order valence-corrected chi connectivity index (χ0v) is 12.2. The monoisotopic (exact) mass is 296 g/mol. The predicted molar refractivity (Wildman–Crippen MR) is 82.0 cm³/mol. The molecular formula is C16H16N4O2. The first-order valence-corrected chi connectivity index (χ1v) is 6.97. The van der Waals surface area contributed by atoms with Crippen molar-refractivity contribution in [2.75, 3.05) is 13.7 Å². The van der Waals surface area contributed by atoms with E-state index in [9.17, 15) is 4.79 Å². The zero-order chi connectivity index (χ0) is 15.4. The van der Waals surface area contributed by atoms with Crippen molar-refractivity contribution in [1.29, 1.82) is 0 Å². The van der Waals surface area contributed by atoms with E-state index in [0.717, 1.165) is 11.1 Å². The molecule has 3 aromatic heterocycles. The number of rotatable bonds is 5. The summed E-state index contributed by atoms with van der Waals surface area (Å²) in [5.74, 6) is 0.490. The van der Waals surface area contributed by atoms with Crippen molar-refractivity contribution < 1.29 is 9.53 Å². The van der Waals surface area contributed by atoms with E-state index in [1.54, 1.807) is 36.3 Å². The third kappa shape index (κ3) is 2.90. The molecular weight excluding hydrogens is 280 g/mol. The third-order valence-corrected chi connectivity index (χ3v) is 3.38. The molecule has 112 valence electrons. The summed E-state index contributed by atoms with van der Waals surface area (Å²) in [6, 6.07) is 9.22. The topological polar surface area (TPSA) is 68.5 Å². The Kier molecular flexibility index (Phi) is 4.00. The van der Waals surface area contributed by atoms with Gasteiger partial charge in [0.05, 0.1) is 12.6 Å². The van der Waals surface area contributed by atoms with Crippen molar-refractivity contribution in [3.63, 3.8) is 0 Å². The highest BCUT2D eigenvalue weighted by atomic mass is 16.5. The summed E-state index contributed by atoms with van der Waals surface area (Å²) >= 11 is 0. The van der Waals surface area contributed by atoms with Crippen molar-refractivity contribution in [2.45, 2.75) is 6.42 Å². The summed E-state index contributed by atoms with van der Waals surface area (Å²) in [7, 11) is 1.59. The first-order valence-electron chi connectivity index (χ1n) is 6.97. The average molecular weight is 296 g/mol. The molecule has 3 rings (SSSR count). The van der Waals surface area contributed by atoms with E-state index in [-0.39, 0.29) is 5.91 Å². The molecule has 0 aromatic carbocycles. The van der Waals surface area contributed by atoms with Crippen LogP contribution in [0.25, 0.3) is 5.52 Å². The molecule has 6 nitrogen and oxygen atoms in total. The standard InChI is InChI=1S/C16H16N4O2/c1-22-16-12(3-2-7-18-16)4-8-17-15(21)13-6-10-20-14(11-13)5-9-19-20/h2-3,5-7,9-11H,4,8H2,1H3,(H,17,21). The lowest BCUT2D eigenvalue weighted by atomic mass is 10.2. The first kappa shape index (κ1) is 14.1. The number of fused-ring (bicyclic) bond motifs is 1. The smallest absolute Gasteiger partial charge is 0.251 e. The van der Waals surface area contributed by atoms with E-state index in [0.29, 0.717) is 24.4 Å². The van der Waals surface area contributed by atoms with E-state index in [4.69, 9.17) is 4.74 Å². The van der Waals surface area contributed by atoms with Crippen molar-refractivity contribution in [2.24, 2.45) is 0 Å². The molecule has 0 atom stereocenters. The van der Waals surface area contributed by atoms with E-state index >= 15 is 0 Å². The quantitative estimate of drug-likeness (QED) is 0.778. The second kappa shape index (κ2) is 6.26. The Balaban J connectivity index is 1.62. The van der Waals surface area contributed by atoms with Crippen LogP contribution < -0.4 is 10.1 Å². The Hall–Kier alpha value is -2.89. The van der Waals surface area contributed by atoms with E-state index in [2.05, 4.69) is 15.4 Å². The van der Waals surface area contributed by atoms with Gasteiger partial charge in [0.25, 0.3) is 5.91 Å². The molecule has 0 radical (unpaired) electrons. The molecule has 0 aliphatic carbocycles. The van der Waals surface area contributed by atoms with Crippen LogP contribution in [0.4, 0.5) is 0 Å². The SMILES string of the molecule is COc1ncccc1CCNC(=O)c1ccn2nccc2c1. The third-order valence-electron chi connectivity index (χ3n) is 3.38. The number of carbonyl (C=O) groups is 1.